The Hall–Kier alpha value is -1.76. The molecule has 1 saturated heterocycles. The average Bonchev–Trinajstić information content (AvgIpc) is 2.58. The summed E-state index contributed by atoms with van der Waals surface area (Å²) >= 11 is 0. The van der Waals surface area contributed by atoms with Crippen LogP contribution < -0.4 is 15.4 Å². The fourth-order valence-corrected chi connectivity index (χ4v) is 3.11. The molecule has 1 aromatic rings. The van der Waals surface area contributed by atoms with E-state index in [1.165, 1.54) is 12.1 Å². The van der Waals surface area contributed by atoms with Crippen LogP contribution in [0.1, 0.15) is 50.7 Å². The van der Waals surface area contributed by atoms with Crippen molar-refractivity contribution < 1.29 is 22.7 Å². The lowest BCUT2D eigenvalue weighted by Crippen LogP contribution is -2.29. The number of carbonyl (C=O) groups excluding carboxylic acids is 1. The average molecular weight is 372 g/mol. The molecule has 0 saturated carbocycles. The van der Waals surface area contributed by atoms with Gasteiger partial charge in [0.05, 0.1) is 11.7 Å². The van der Waals surface area contributed by atoms with E-state index in [2.05, 4.69) is 10.6 Å². The number of hydrogen-bond donors (Lipinski definition) is 2. The van der Waals surface area contributed by atoms with Gasteiger partial charge in [-0.1, -0.05) is 6.07 Å². The summed E-state index contributed by atoms with van der Waals surface area (Å²) in [6, 6.07) is 3.87. The van der Waals surface area contributed by atoms with Crippen LogP contribution in [-0.4, -0.2) is 25.1 Å². The molecule has 0 radical (unpaired) electrons. The fourth-order valence-electron chi connectivity index (χ4n) is 3.11. The van der Waals surface area contributed by atoms with Gasteiger partial charge in [0.2, 0.25) is 5.91 Å². The second kappa shape index (κ2) is 9.26. The first-order chi connectivity index (χ1) is 12.3. The Labute approximate surface area is 152 Å². The van der Waals surface area contributed by atoms with E-state index < -0.39 is 11.7 Å². The number of amides is 1. The lowest BCUT2D eigenvalue weighted by Gasteiger charge is -2.22. The molecule has 1 aliphatic rings. The van der Waals surface area contributed by atoms with Gasteiger partial charge in [-0.05, 0) is 69.8 Å². The number of hydrogen-bond acceptors (Lipinski definition) is 3. The zero-order chi connectivity index (χ0) is 19.2. The lowest BCUT2D eigenvalue weighted by molar-refractivity contribution is -0.138. The number of ether oxygens (including phenoxy) is 1. The highest BCUT2D eigenvalue weighted by atomic mass is 19.4. The first kappa shape index (κ1) is 20.6. The van der Waals surface area contributed by atoms with Crippen LogP contribution in [-0.2, 0) is 17.5 Å². The zero-order valence-electron chi connectivity index (χ0n) is 15.3. The van der Waals surface area contributed by atoms with Crippen LogP contribution in [0.15, 0.2) is 18.2 Å². The Bertz CT molecular complexity index is 597. The van der Waals surface area contributed by atoms with Crippen molar-refractivity contribution in [3.63, 3.8) is 0 Å². The molecule has 0 unspecified atom stereocenters. The van der Waals surface area contributed by atoms with Crippen LogP contribution in [0.5, 0.6) is 5.75 Å². The minimum absolute atomic E-state index is 0.0452. The fraction of sp³-hybridized carbons (Fsp3) is 0.632. The molecule has 2 N–H and O–H groups in total. The van der Waals surface area contributed by atoms with Gasteiger partial charge in [-0.2, -0.15) is 13.2 Å². The van der Waals surface area contributed by atoms with Crippen LogP contribution in [0.2, 0.25) is 0 Å². The highest BCUT2D eigenvalue weighted by molar-refractivity contribution is 5.75. The maximum atomic E-state index is 13.3. The summed E-state index contributed by atoms with van der Waals surface area (Å²) in [4.78, 5) is 12.0. The molecule has 26 heavy (non-hydrogen) atoms. The third-order valence-electron chi connectivity index (χ3n) is 4.47. The quantitative estimate of drug-likeness (QED) is 0.764. The molecule has 2 rings (SSSR count). The molecule has 4 nitrogen and oxygen atoms in total. The summed E-state index contributed by atoms with van der Waals surface area (Å²) in [5.74, 6) is 0.479. The summed E-state index contributed by atoms with van der Waals surface area (Å²) in [6.07, 6.45) is -1.49. The molecule has 7 heteroatoms. The Morgan fingerprint density at radius 1 is 1.31 bits per heavy atom. The monoisotopic (exact) mass is 372 g/mol. The molecule has 0 bridgehead atoms. The minimum Gasteiger partial charge on any atom is -0.491 e. The number of rotatable bonds is 7. The largest absolute Gasteiger partial charge is 0.491 e. The zero-order valence-corrected chi connectivity index (χ0v) is 15.3. The summed E-state index contributed by atoms with van der Waals surface area (Å²) < 4.78 is 45.3. The van der Waals surface area contributed by atoms with Crippen LogP contribution in [0, 0.1) is 5.92 Å². The van der Waals surface area contributed by atoms with Gasteiger partial charge >= 0.3 is 6.18 Å². The third kappa shape index (κ3) is 6.52. The minimum atomic E-state index is -4.49. The standard InChI is InChI=1S/C19H27F3N2O2/c1-13(2)26-16-5-4-15(17(11-16)19(20,21)22)12-24-18(25)6-3-14-7-9-23-10-8-14/h4-5,11,13-14,23H,3,6-10,12H2,1-2H3,(H,24,25). The molecule has 0 aromatic heterocycles. The lowest BCUT2D eigenvalue weighted by atomic mass is 9.93. The summed E-state index contributed by atoms with van der Waals surface area (Å²) in [7, 11) is 0. The van der Waals surface area contributed by atoms with Crippen molar-refractivity contribution in [3.05, 3.63) is 29.3 Å². The van der Waals surface area contributed by atoms with Crippen molar-refractivity contribution in [2.45, 2.75) is 58.4 Å². The maximum absolute atomic E-state index is 13.3. The SMILES string of the molecule is CC(C)Oc1ccc(CNC(=O)CCC2CCNCC2)c(C(F)(F)F)c1. The molecular weight excluding hydrogens is 345 g/mol. The molecule has 146 valence electrons. The number of halogens is 3. The van der Waals surface area contributed by atoms with Crippen molar-refractivity contribution in [3.8, 4) is 5.75 Å². The highest BCUT2D eigenvalue weighted by Gasteiger charge is 2.34. The number of carbonyl (C=O) groups is 1. The van der Waals surface area contributed by atoms with E-state index >= 15 is 0 Å². The second-order valence-corrected chi connectivity index (χ2v) is 6.99. The van der Waals surface area contributed by atoms with Gasteiger partial charge in [-0.3, -0.25) is 4.79 Å². The second-order valence-electron chi connectivity index (χ2n) is 6.99. The van der Waals surface area contributed by atoms with Gasteiger partial charge in [0.15, 0.2) is 0 Å². The molecular formula is C19H27F3N2O2. The van der Waals surface area contributed by atoms with Crippen LogP contribution in [0.3, 0.4) is 0 Å². The number of benzene rings is 1. The highest BCUT2D eigenvalue weighted by Crippen LogP contribution is 2.34. The predicted molar refractivity (Wildman–Crippen MR) is 93.9 cm³/mol. The van der Waals surface area contributed by atoms with Crippen molar-refractivity contribution in [2.75, 3.05) is 13.1 Å². The number of nitrogens with one attached hydrogen (secondary N) is 2. The first-order valence-corrected chi connectivity index (χ1v) is 9.10. The predicted octanol–water partition coefficient (Wildman–Crippen LogP) is 3.89. The van der Waals surface area contributed by atoms with Crippen LogP contribution in [0.4, 0.5) is 13.2 Å². The Kier molecular flexibility index (Phi) is 7.32. The van der Waals surface area contributed by atoms with Crippen molar-refractivity contribution in [1.82, 2.24) is 10.6 Å². The number of alkyl halides is 3. The normalized spacial score (nSPS) is 15.9. The van der Waals surface area contributed by atoms with E-state index in [9.17, 15) is 18.0 Å². The maximum Gasteiger partial charge on any atom is 0.416 e. The first-order valence-electron chi connectivity index (χ1n) is 9.10. The smallest absolute Gasteiger partial charge is 0.416 e. The van der Waals surface area contributed by atoms with Gasteiger partial charge in [0.1, 0.15) is 5.75 Å². The van der Waals surface area contributed by atoms with Crippen LogP contribution in [0.25, 0.3) is 0 Å². The van der Waals surface area contributed by atoms with E-state index in [1.807, 2.05) is 0 Å². The van der Waals surface area contributed by atoms with Gasteiger partial charge in [-0.15, -0.1) is 0 Å². The summed E-state index contributed by atoms with van der Waals surface area (Å²) in [5.41, 5.74) is -0.724. The topological polar surface area (TPSA) is 50.4 Å². The molecule has 1 aliphatic heterocycles. The third-order valence-corrected chi connectivity index (χ3v) is 4.47. The van der Waals surface area contributed by atoms with Crippen molar-refractivity contribution in [1.29, 1.82) is 0 Å². The van der Waals surface area contributed by atoms with E-state index in [0.29, 0.717) is 12.3 Å². The van der Waals surface area contributed by atoms with E-state index in [1.54, 1.807) is 13.8 Å². The van der Waals surface area contributed by atoms with Gasteiger partial charge < -0.3 is 15.4 Å². The summed E-state index contributed by atoms with van der Waals surface area (Å²) in [6.45, 7) is 5.30. The number of piperidine rings is 1. The van der Waals surface area contributed by atoms with Gasteiger partial charge in [0.25, 0.3) is 0 Å². The molecule has 0 aliphatic carbocycles. The van der Waals surface area contributed by atoms with E-state index in [-0.39, 0.29) is 29.9 Å². The Morgan fingerprint density at radius 2 is 2.00 bits per heavy atom. The Balaban J connectivity index is 1.93. The van der Waals surface area contributed by atoms with Gasteiger partial charge in [-0.25, -0.2) is 0 Å². The van der Waals surface area contributed by atoms with Crippen molar-refractivity contribution >= 4 is 5.91 Å². The molecule has 0 atom stereocenters. The summed E-state index contributed by atoms with van der Waals surface area (Å²) in [5, 5.41) is 5.88. The Morgan fingerprint density at radius 3 is 2.62 bits per heavy atom. The molecule has 1 heterocycles. The van der Waals surface area contributed by atoms with E-state index in [4.69, 9.17) is 4.74 Å². The molecule has 1 fully saturated rings. The van der Waals surface area contributed by atoms with Crippen molar-refractivity contribution in [2.24, 2.45) is 5.92 Å². The molecule has 0 spiro atoms. The van der Waals surface area contributed by atoms with Gasteiger partial charge in [0, 0.05) is 13.0 Å². The molecule has 1 amide bonds. The molecule has 1 aromatic carbocycles. The van der Waals surface area contributed by atoms with E-state index in [0.717, 1.165) is 38.4 Å². The van der Waals surface area contributed by atoms with Crippen LogP contribution >= 0.6 is 0 Å².